The molecule has 0 saturated heterocycles. The average molecular weight is 227 g/mol. The van der Waals surface area contributed by atoms with E-state index in [0.717, 1.165) is 4.90 Å². The van der Waals surface area contributed by atoms with Crippen molar-refractivity contribution in [2.75, 3.05) is 12.4 Å². The number of nitrogen functional groups attached to an aromatic ring is 1. The zero-order chi connectivity index (χ0) is 11.3. The second-order valence-electron chi connectivity index (χ2n) is 2.94. The zero-order valence-electron chi connectivity index (χ0n) is 8.05. The molecule has 0 fully saturated rings. The molecule has 1 aromatic heterocycles. The van der Waals surface area contributed by atoms with Gasteiger partial charge in [0.2, 0.25) is 0 Å². The maximum absolute atomic E-state index is 9.14. The minimum atomic E-state index is -0.732. The molecular formula is C9H13N3O2S. The number of aliphatic hydroxyl groups is 2. The first-order valence-electron chi connectivity index (χ1n) is 4.35. The number of aromatic nitrogens is 1. The topological polar surface area (TPSA) is 103 Å². The second-order valence-corrected chi connectivity index (χ2v) is 4.03. The van der Waals surface area contributed by atoms with Crippen LogP contribution in [-0.4, -0.2) is 39.5 Å². The molecule has 0 aliphatic carbocycles. The summed E-state index contributed by atoms with van der Waals surface area (Å²) in [5.41, 5.74) is 5.70. The number of nitrogens with two attached hydrogens (primary N) is 1. The second kappa shape index (κ2) is 5.69. The number of pyridine rings is 1. The van der Waals surface area contributed by atoms with E-state index in [4.69, 9.17) is 21.4 Å². The molecule has 5 nitrogen and oxygen atoms in total. The van der Waals surface area contributed by atoms with Gasteiger partial charge >= 0.3 is 0 Å². The highest BCUT2D eigenvalue weighted by Crippen LogP contribution is 2.18. The van der Waals surface area contributed by atoms with Crippen LogP contribution >= 0.6 is 11.8 Å². The highest BCUT2D eigenvalue weighted by Gasteiger charge is 2.04. The highest BCUT2D eigenvalue weighted by molar-refractivity contribution is 7.99. The fraction of sp³-hybridized carbons (Fsp3) is 0.333. The molecule has 0 amide bonds. The summed E-state index contributed by atoms with van der Waals surface area (Å²) in [7, 11) is 0. The van der Waals surface area contributed by atoms with Gasteiger partial charge in [-0.25, -0.2) is 0 Å². The quantitative estimate of drug-likeness (QED) is 0.317. The van der Waals surface area contributed by atoms with E-state index < -0.39 is 6.10 Å². The van der Waals surface area contributed by atoms with Gasteiger partial charge in [0.1, 0.15) is 11.5 Å². The fourth-order valence-corrected chi connectivity index (χ4v) is 1.74. The fourth-order valence-electron chi connectivity index (χ4n) is 0.893. The summed E-state index contributed by atoms with van der Waals surface area (Å²) in [5.74, 6) is 0.317. The number of thioether (sulfide) groups is 1. The van der Waals surface area contributed by atoms with Crippen molar-refractivity contribution in [3.05, 3.63) is 24.0 Å². The van der Waals surface area contributed by atoms with Crippen LogP contribution in [0.3, 0.4) is 0 Å². The van der Waals surface area contributed by atoms with E-state index >= 15 is 0 Å². The first-order chi connectivity index (χ1) is 7.13. The third kappa shape index (κ3) is 3.86. The van der Waals surface area contributed by atoms with Crippen LogP contribution in [-0.2, 0) is 0 Å². The summed E-state index contributed by atoms with van der Waals surface area (Å²) < 4.78 is 0. The Kier molecular flexibility index (Phi) is 4.54. The van der Waals surface area contributed by atoms with Crippen LogP contribution in [0.15, 0.2) is 23.2 Å². The Hall–Kier alpha value is -1.11. The van der Waals surface area contributed by atoms with Gasteiger partial charge in [0.25, 0.3) is 0 Å². The average Bonchev–Trinajstić information content (AvgIpc) is 2.26. The van der Waals surface area contributed by atoms with Crippen LogP contribution in [0.25, 0.3) is 0 Å². The molecule has 1 heterocycles. The lowest BCUT2D eigenvalue weighted by Gasteiger charge is -2.06. The number of amidine groups is 1. The summed E-state index contributed by atoms with van der Waals surface area (Å²) >= 11 is 1.38. The van der Waals surface area contributed by atoms with E-state index in [1.807, 2.05) is 0 Å². The minimum Gasteiger partial charge on any atom is -0.394 e. The standard InChI is InChI=1S/C9H13N3O2S/c10-9(11)8-3-7(1-2-12-8)15-5-6(14)4-13/h1-3,6,13-14H,4-5H2,(H3,10,11). The minimum absolute atomic E-state index is 0.0832. The summed E-state index contributed by atoms with van der Waals surface area (Å²) in [6.45, 7) is -0.252. The summed E-state index contributed by atoms with van der Waals surface area (Å²) in [6.07, 6.45) is 0.827. The van der Waals surface area contributed by atoms with Crippen molar-refractivity contribution < 1.29 is 10.2 Å². The van der Waals surface area contributed by atoms with Gasteiger partial charge in [-0.2, -0.15) is 0 Å². The molecule has 82 valence electrons. The molecule has 0 radical (unpaired) electrons. The normalized spacial score (nSPS) is 12.4. The highest BCUT2D eigenvalue weighted by atomic mass is 32.2. The number of nitrogens with zero attached hydrogens (tertiary/aromatic N) is 1. The molecule has 1 atom stereocenters. The maximum Gasteiger partial charge on any atom is 0.141 e. The molecule has 1 aromatic rings. The maximum atomic E-state index is 9.14. The SMILES string of the molecule is N=C(N)c1cc(SCC(O)CO)ccn1. The predicted octanol–water partition coefficient (Wildman–Crippen LogP) is -0.189. The smallest absolute Gasteiger partial charge is 0.141 e. The Balaban J connectivity index is 2.62. The van der Waals surface area contributed by atoms with Crippen LogP contribution in [0.1, 0.15) is 5.69 Å². The van der Waals surface area contributed by atoms with Crippen molar-refractivity contribution in [3.8, 4) is 0 Å². The van der Waals surface area contributed by atoms with Gasteiger partial charge in [0.15, 0.2) is 0 Å². The van der Waals surface area contributed by atoms with E-state index in [-0.39, 0.29) is 12.4 Å². The number of rotatable bonds is 5. The number of hydrogen-bond donors (Lipinski definition) is 4. The summed E-state index contributed by atoms with van der Waals surface area (Å²) in [6, 6.07) is 3.44. The van der Waals surface area contributed by atoms with Gasteiger partial charge in [-0.05, 0) is 12.1 Å². The predicted molar refractivity (Wildman–Crippen MR) is 59.1 cm³/mol. The van der Waals surface area contributed by atoms with E-state index in [9.17, 15) is 0 Å². The molecular weight excluding hydrogens is 214 g/mol. The van der Waals surface area contributed by atoms with Crippen LogP contribution < -0.4 is 5.73 Å². The summed E-state index contributed by atoms with van der Waals surface area (Å²) in [4.78, 5) is 4.78. The largest absolute Gasteiger partial charge is 0.394 e. The van der Waals surface area contributed by atoms with E-state index in [1.165, 1.54) is 11.8 Å². The molecule has 5 N–H and O–H groups in total. The number of nitrogens with one attached hydrogen (secondary N) is 1. The van der Waals surface area contributed by atoms with Crippen molar-refractivity contribution in [2.45, 2.75) is 11.0 Å². The van der Waals surface area contributed by atoms with Gasteiger partial charge in [0, 0.05) is 16.8 Å². The van der Waals surface area contributed by atoms with Gasteiger partial charge < -0.3 is 15.9 Å². The van der Waals surface area contributed by atoms with Gasteiger partial charge in [-0.15, -0.1) is 11.8 Å². The molecule has 0 aliphatic heterocycles. The Labute approximate surface area is 91.8 Å². The first-order valence-corrected chi connectivity index (χ1v) is 5.34. The third-order valence-corrected chi connectivity index (χ3v) is 2.80. The zero-order valence-corrected chi connectivity index (χ0v) is 8.87. The molecule has 6 heteroatoms. The number of aliphatic hydroxyl groups excluding tert-OH is 2. The van der Waals surface area contributed by atoms with Crippen molar-refractivity contribution in [3.63, 3.8) is 0 Å². The molecule has 15 heavy (non-hydrogen) atoms. The Bertz CT molecular complexity index is 346. The molecule has 0 spiro atoms. The van der Waals surface area contributed by atoms with E-state index in [2.05, 4.69) is 4.98 Å². The van der Waals surface area contributed by atoms with Gasteiger partial charge in [-0.1, -0.05) is 0 Å². The van der Waals surface area contributed by atoms with Gasteiger partial charge in [0.05, 0.1) is 12.7 Å². The lowest BCUT2D eigenvalue weighted by atomic mass is 10.3. The third-order valence-electron chi connectivity index (χ3n) is 1.66. The lowest BCUT2D eigenvalue weighted by molar-refractivity contribution is 0.113. The van der Waals surface area contributed by atoms with Gasteiger partial charge in [-0.3, -0.25) is 10.4 Å². The lowest BCUT2D eigenvalue weighted by Crippen LogP contribution is -2.15. The van der Waals surface area contributed by atoms with Crippen LogP contribution in [0.4, 0.5) is 0 Å². The number of hydrogen-bond acceptors (Lipinski definition) is 5. The van der Waals surface area contributed by atoms with Crippen LogP contribution in [0, 0.1) is 5.41 Å². The van der Waals surface area contributed by atoms with E-state index in [0.29, 0.717) is 11.4 Å². The molecule has 0 bridgehead atoms. The van der Waals surface area contributed by atoms with Crippen molar-refractivity contribution in [1.29, 1.82) is 5.41 Å². The Morgan fingerprint density at radius 2 is 2.40 bits per heavy atom. The molecule has 0 saturated carbocycles. The first kappa shape index (κ1) is 12.0. The van der Waals surface area contributed by atoms with Crippen LogP contribution in [0.5, 0.6) is 0 Å². The molecule has 0 aliphatic rings. The van der Waals surface area contributed by atoms with Crippen molar-refractivity contribution >= 4 is 17.6 Å². The van der Waals surface area contributed by atoms with Crippen LogP contribution in [0.2, 0.25) is 0 Å². The summed E-state index contributed by atoms with van der Waals surface area (Å²) in [5, 5.41) is 25.0. The van der Waals surface area contributed by atoms with Crippen molar-refractivity contribution in [1.82, 2.24) is 4.98 Å². The Morgan fingerprint density at radius 1 is 1.67 bits per heavy atom. The molecule has 1 rings (SSSR count). The van der Waals surface area contributed by atoms with Crippen molar-refractivity contribution in [2.24, 2.45) is 5.73 Å². The van der Waals surface area contributed by atoms with E-state index in [1.54, 1.807) is 18.3 Å². The monoisotopic (exact) mass is 227 g/mol. The molecule has 1 unspecified atom stereocenters. The Morgan fingerprint density at radius 3 is 3.00 bits per heavy atom. The molecule has 0 aromatic carbocycles.